The zero-order valence-corrected chi connectivity index (χ0v) is 41.4. The van der Waals surface area contributed by atoms with E-state index in [2.05, 4.69) is 26.0 Å². The van der Waals surface area contributed by atoms with E-state index in [1.807, 2.05) is 0 Å². The molecule has 2 saturated heterocycles. The van der Waals surface area contributed by atoms with Crippen molar-refractivity contribution in [2.24, 2.45) is 0 Å². The maximum Gasteiger partial charge on any atom is 0.306 e. The van der Waals surface area contributed by atoms with E-state index < -0.39 is 80.7 Å². The summed E-state index contributed by atoms with van der Waals surface area (Å²) in [6, 6.07) is 0. The van der Waals surface area contributed by atoms with E-state index in [1.165, 1.54) is 128 Å². The first-order valence-corrected chi connectivity index (χ1v) is 26.8. The van der Waals surface area contributed by atoms with Gasteiger partial charge in [-0.15, -0.1) is 0 Å². The van der Waals surface area contributed by atoms with Gasteiger partial charge in [-0.25, -0.2) is 0 Å². The number of esters is 1. The number of rotatable bonds is 43. The van der Waals surface area contributed by atoms with Gasteiger partial charge in [0.2, 0.25) is 0 Å². The molecule has 11 atom stereocenters. The summed E-state index contributed by atoms with van der Waals surface area (Å²) in [5.74, 6) is -0.383. The Bertz CT molecular complexity index is 1140. The lowest BCUT2D eigenvalue weighted by Gasteiger charge is -2.42. The van der Waals surface area contributed by atoms with Crippen molar-refractivity contribution in [3.63, 3.8) is 0 Å². The highest BCUT2D eigenvalue weighted by Crippen LogP contribution is 2.26. The van der Waals surface area contributed by atoms with Crippen molar-refractivity contribution < 1.29 is 69.0 Å². The first kappa shape index (κ1) is 60.9. The molecule has 0 aromatic heterocycles. The first-order valence-electron chi connectivity index (χ1n) is 26.8. The highest BCUT2D eigenvalue weighted by Gasteiger charge is 2.47. The molecule has 0 bridgehead atoms. The van der Waals surface area contributed by atoms with E-state index in [4.69, 9.17) is 28.4 Å². The topological polar surface area (TPSA) is 214 Å². The van der Waals surface area contributed by atoms with Crippen LogP contribution < -0.4 is 0 Å². The molecule has 66 heavy (non-hydrogen) atoms. The van der Waals surface area contributed by atoms with Gasteiger partial charge >= 0.3 is 5.97 Å². The first-order chi connectivity index (χ1) is 32.1. The summed E-state index contributed by atoms with van der Waals surface area (Å²) >= 11 is 0. The fraction of sp³-hybridized carbons (Fsp3) is 0.942. The van der Waals surface area contributed by atoms with Crippen LogP contribution in [0.3, 0.4) is 0 Å². The summed E-state index contributed by atoms with van der Waals surface area (Å²) < 4.78 is 34.3. The van der Waals surface area contributed by atoms with Crippen LogP contribution in [0.1, 0.15) is 213 Å². The number of unbranched alkanes of at least 4 members (excludes halogenated alkanes) is 27. The largest absolute Gasteiger partial charge is 0.457 e. The molecule has 2 heterocycles. The minimum Gasteiger partial charge on any atom is -0.457 e. The molecular weight excluding hydrogens is 849 g/mol. The van der Waals surface area contributed by atoms with E-state index in [9.17, 15) is 40.5 Å². The second kappa shape index (κ2) is 40.5. The zero-order valence-electron chi connectivity index (χ0n) is 41.4. The fourth-order valence-electron chi connectivity index (χ4n) is 8.62. The standard InChI is InChI=1S/C52H98O14/c1-3-5-7-9-11-13-15-16-17-18-19-20-21-22-23-24-26-28-30-32-34-36-61-38-41(64-44(54)35-33-31-29-27-25-14-12-10-8-6-4-2)39-62-51-50(60)48(58)46(56)43(66-51)40-63-52-49(59)47(57)45(55)42(37-53)65-52/h10,12,41-43,45-53,55-60H,3-9,11,13-40H2,1-2H3/b12-10-. The summed E-state index contributed by atoms with van der Waals surface area (Å²) in [4.78, 5) is 13.0. The Morgan fingerprint density at radius 3 is 1.42 bits per heavy atom. The predicted molar refractivity (Wildman–Crippen MR) is 257 cm³/mol. The van der Waals surface area contributed by atoms with Gasteiger partial charge in [-0.1, -0.05) is 187 Å². The van der Waals surface area contributed by atoms with E-state index in [-0.39, 0.29) is 25.6 Å². The lowest BCUT2D eigenvalue weighted by atomic mass is 9.98. The average Bonchev–Trinajstić information content (AvgIpc) is 3.31. The lowest BCUT2D eigenvalue weighted by molar-refractivity contribution is -0.332. The zero-order chi connectivity index (χ0) is 48.0. The molecule has 0 aromatic rings. The molecule has 2 rings (SSSR count). The molecule has 7 N–H and O–H groups in total. The van der Waals surface area contributed by atoms with Gasteiger partial charge in [0.05, 0.1) is 26.4 Å². The smallest absolute Gasteiger partial charge is 0.306 e. The maximum atomic E-state index is 13.0. The Labute approximate surface area is 399 Å². The van der Waals surface area contributed by atoms with Gasteiger partial charge in [0.15, 0.2) is 12.6 Å². The molecule has 2 aliphatic rings. The van der Waals surface area contributed by atoms with Gasteiger partial charge in [0.25, 0.3) is 0 Å². The van der Waals surface area contributed by atoms with E-state index >= 15 is 0 Å². The molecule has 390 valence electrons. The van der Waals surface area contributed by atoms with Gasteiger partial charge in [0.1, 0.15) is 54.9 Å². The number of aliphatic hydroxyl groups is 7. The van der Waals surface area contributed by atoms with Crippen molar-refractivity contribution >= 4 is 5.97 Å². The van der Waals surface area contributed by atoms with Crippen LogP contribution >= 0.6 is 0 Å². The molecule has 11 unspecified atom stereocenters. The second-order valence-electron chi connectivity index (χ2n) is 19.1. The number of ether oxygens (including phenoxy) is 6. The number of allylic oxidation sites excluding steroid dienone is 2. The van der Waals surface area contributed by atoms with Crippen molar-refractivity contribution in [3.05, 3.63) is 12.2 Å². The molecule has 2 aliphatic heterocycles. The highest BCUT2D eigenvalue weighted by molar-refractivity contribution is 5.69. The summed E-state index contributed by atoms with van der Waals surface area (Å²) in [5.41, 5.74) is 0. The number of aliphatic hydroxyl groups excluding tert-OH is 7. The van der Waals surface area contributed by atoms with Crippen LogP contribution in [-0.2, 0) is 33.2 Å². The number of hydrogen-bond acceptors (Lipinski definition) is 14. The van der Waals surface area contributed by atoms with Crippen molar-refractivity contribution in [1.29, 1.82) is 0 Å². The molecule has 14 heteroatoms. The Kier molecular flexibility index (Phi) is 37.3. The number of hydrogen-bond donors (Lipinski definition) is 7. The fourth-order valence-corrected chi connectivity index (χ4v) is 8.62. The van der Waals surface area contributed by atoms with Crippen LogP contribution in [0.25, 0.3) is 0 Å². The molecule has 0 spiro atoms. The Morgan fingerprint density at radius 1 is 0.485 bits per heavy atom. The average molecular weight is 947 g/mol. The van der Waals surface area contributed by atoms with Crippen LogP contribution in [0.2, 0.25) is 0 Å². The Balaban J connectivity index is 1.71. The number of carbonyl (C=O) groups excluding carboxylic acids is 1. The van der Waals surface area contributed by atoms with Crippen molar-refractivity contribution in [3.8, 4) is 0 Å². The summed E-state index contributed by atoms with van der Waals surface area (Å²) in [6.45, 7) is 3.67. The van der Waals surface area contributed by atoms with Crippen molar-refractivity contribution in [1.82, 2.24) is 0 Å². The molecule has 0 aromatic carbocycles. The molecule has 2 fully saturated rings. The Morgan fingerprint density at radius 2 is 0.909 bits per heavy atom. The minimum absolute atomic E-state index is 0.0638. The normalized spacial score (nSPS) is 26.3. The van der Waals surface area contributed by atoms with E-state index in [0.29, 0.717) is 13.0 Å². The summed E-state index contributed by atoms with van der Waals surface area (Å²) in [6.07, 6.45) is 25.7. The predicted octanol–water partition coefficient (Wildman–Crippen LogP) is 8.24. The maximum absolute atomic E-state index is 13.0. The van der Waals surface area contributed by atoms with Crippen LogP contribution in [0.15, 0.2) is 12.2 Å². The van der Waals surface area contributed by atoms with Crippen molar-refractivity contribution in [2.45, 2.75) is 280 Å². The van der Waals surface area contributed by atoms with Crippen LogP contribution in [0.4, 0.5) is 0 Å². The lowest BCUT2D eigenvalue weighted by Crippen LogP contribution is -2.61. The summed E-state index contributed by atoms with van der Waals surface area (Å²) in [7, 11) is 0. The molecule has 0 amide bonds. The molecular formula is C52H98O14. The van der Waals surface area contributed by atoms with Gasteiger partial charge in [0, 0.05) is 13.0 Å². The highest BCUT2D eigenvalue weighted by atomic mass is 16.7. The van der Waals surface area contributed by atoms with Gasteiger partial charge in [-0.2, -0.15) is 0 Å². The molecule has 14 nitrogen and oxygen atoms in total. The molecule has 0 aliphatic carbocycles. The van der Waals surface area contributed by atoms with E-state index in [0.717, 1.165) is 57.8 Å². The molecule has 0 radical (unpaired) electrons. The van der Waals surface area contributed by atoms with Crippen molar-refractivity contribution in [2.75, 3.05) is 33.0 Å². The van der Waals surface area contributed by atoms with Gasteiger partial charge in [-0.3, -0.25) is 4.79 Å². The third-order valence-corrected chi connectivity index (χ3v) is 13.0. The summed E-state index contributed by atoms with van der Waals surface area (Å²) in [5, 5.41) is 72.1. The third kappa shape index (κ3) is 27.8. The third-order valence-electron chi connectivity index (χ3n) is 13.0. The Hall–Kier alpha value is -1.27. The van der Waals surface area contributed by atoms with Crippen LogP contribution in [-0.4, -0.2) is 142 Å². The monoisotopic (exact) mass is 947 g/mol. The van der Waals surface area contributed by atoms with Crippen LogP contribution in [0, 0.1) is 0 Å². The SMILES string of the molecule is CCCC/C=C\CCCCCCCC(=O)OC(COCCCCCCCCCCCCCCCCCCCCCCC)COC1OC(COC2OC(CO)C(O)C(O)C2O)C(O)C(O)C1O. The van der Waals surface area contributed by atoms with Crippen LogP contribution in [0.5, 0.6) is 0 Å². The number of carbonyl (C=O) groups is 1. The molecule has 0 saturated carbocycles. The minimum atomic E-state index is -1.70. The second-order valence-corrected chi connectivity index (χ2v) is 19.1. The quantitative estimate of drug-likeness (QED) is 0.0174. The van der Waals surface area contributed by atoms with Gasteiger partial charge in [-0.05, 0) is 32.1 Å². The van der Waals surface area contributed by atoms with Gasteiger partial charge < -0.3 is 64.2 Å². The van der Waals surface area contributed by atoms with E-state index in [1.54, 1.807) is 0 Å².